The van der Waals surface area contributed by atoms with E-state index in [9.17, 15) is 9.59 Å². The monoisotopic (exact) mass is 267 g/mol. The summed E-state index contributed by atoms with van der Waals surface area (Å²) in [7, 11) is 1.81. The van der Waals surface area contributed by atoms with E-state index in [-0.39, 0.29) is 24.2 Å². The molecule has 0 saturated heterocycles. The second kappa shape index (κ2) is 6.98. The molecule has 1 rings (SSSR count). The first-order valence-electron chi connectivity index (χ1n) is 6.27. The lowest BCUT2D eigenvalue weighted by molar-refractivity contribution is -0.128. The van der Waals surface area contributed by atoms with Crippen molar-refractivity contribution in [2.75, 3.05) is 7.05 Å². The molecule has 0 aliphatic heterocycles. The Labute approximate surface area is 112 Å². The fourth-order valence-corrected chi connectivity index (χ4v) is 1.78. The minimum atomic E-state index is -0.451. The van der Waals surface area contributed by atoms with Crippen LogP contribution in [0.2, 0.25) is 0 Å². The molecular formula is C12H21N5O2. The fraction of sp³-hybridized carbons (Fsp3) is 0.667. The highest BCUT2D eigenvalue weighted by Gasteiger charge is 2.20. The molecule has 1 heterocycles. The van der Waals surface area contributed by atoms with Crippen LogP contribution in [0, 0.1) is 5.92 Å². The summed E-state index contributed by atoms with van der Waals surface area (Å²) < 4.78 is 1.46. The van der Waals surface area contributed by atoms with E-state index in [0.717, 1.165) is 5.69 Å². The van der Waals surface area contributed by atoms with Gasteiger partial charge in [0.05, 0.1) is 17.9 Å². The Balaban J connectivity index is 2.56. The first kappa shape index (κ1) is 15.3. The maximum absolute atomic E-state index is 11.8. The van der Waals surface area contributed by atoms with Crippen molar-refractivity contribution in [3.63, 3.8) is 0 Å². The van der Waals surface area contributed by atoms with Crippen molar-refractivity contribution in [1.29, 1.82) is 0 Å². The molecule has 19 heavy (non-hydrogen) atoms. The van der Waals surface area contributed by atoms with Crippen LogP contribution in [0.4, 0.5) is 0 Å². The van der Waals surface area contributed by atoms with Crippen molar-refractivity contribution in [2.24, 2.45) is 5.92 Å². The van der Waals surface area contributed by atoms with E-state index in [1.807, 2.05) is 20.9 Å². The van der Waals surface area contributed by atoms with Crippen LogP contribution < -0.4 is 10.6 Å². The van der Waals surface area contributed by atoms with Crippen LogP contribution in [0.25, 0.3) is 0 Å². The van der Waals surface area contributed by atoms with Crippen LogP contribution in [-0.2, 0) is 22.7 Å². The lowest BCUT2D eigenvalue weighted by Crippen LogP contribution is -2.44. The molecule has 7 heteroatoms. The number of rotatable bonds is 7. The molecule has 106 valence electrons. The third-order valence-electron chi connectivity index (χ3n) is 2.67. The number of carbonyl (C=O) groups excluding carboxylic acids is 2. The van der Waals surface area contributed by atoms with Crippen molar-refractivity contribution in [3.05, 3.63) is 11.9 Å². The van der Waals surface area contributed by atoms with E-state index in [1.165, 1.54) is 11.6 Å². The first-order chi connectivity index (χ1) is 8.93. The third-order valence-corrected chi connectivity index (χ3v) is 2.67. The number of ketones is 1. The summed E-state index contributed by atoms with van der Waals surface area (Å²) in [5.74, 6) is -0.218. The predicted octanol–water partition coefficient (Wildman–Crippen LogP) is -0.273. The van der Waals surface area contributed by atoms with Crippen LogP contribution in [0.5, 0.6) is 0 Å². The molecule has 0 saturated carbocycles. The normalized spacial score (nSPS) is 12.5. The molecule has 2 N–H and O–H groups in total. The first-order valence-corrected chi connectivity index (χ1v) is 6.27. The lowest BCUT2D eigenvalue weighted by atomic mass is 10.0. The Morgan fingerprint density at radius 3 is 2.63 bits per heavy atom. The minimum absolute atomic E-state index is 0.0437. The van der Waals surface area contributed by atoms with Gasteiger partial charge in [-0.25, -0.2) is 4.68 Å². The number of nitrogens with one attached hydrogen (secondary N) is 2. The van der Waals surface area contributed by atoms with E-state index < -0.39 is 6.04 Å². The summed E-state index contributed by atoms with van der Waals surface area (Å²) in [6, 6.07) is -0.451. The minimum Gasteiger partial charge on any atom is -0.344 e. The zero-order valence-electron chi connectivity index (χ0n) is 11.8. The van der Waals surface area contributed by atoms with Gasteiger partial charge in [-0.05, 0) is 19.9 Å². The Kier molecular flexibility index (Phi) is 5.62. The lowest BCUT2D eigenvalue weighted by Gasteiger charge is -2.19. The Morgan fingerprint density at radius 1 is 1.42 bits per heavy atom. The second-order valence-electron chi connectivity index (χ2n) is 4.84. The van der Waals surface area contributed by atoms with Crippen molar-refractivity contribution < 1.29 is 9.59 Å². The van der Waals surface area contributed by atoms with Gasteiger partial charge in [0.25, 0.3) is 0 Å². The molecule has 0 aromatic carbocycles. The van der Waals surface area contributed by atoms with Crippen LogP contribution in [0.15, 0.2) is 6.20 Å². The summed E-state index contributed by atoms with van der Waals surface area (Å²) in [5.41, 5.74) is 0.766. The molecule has 0 spiro atoms. The zero-order valence-corrected chi connectivity index (χ0v) is 11.8. The zero-order chi connectivity index (χ0) is 14.4. The van der Waals surface area contributed by atoms with Gasteiger partial charge in [-0.3, -0.25) is 9.59 Å². The molecule has 1 unspecified atom stereocenters. The van der Waals surface area contributed by atoms with E-state index in [1.54, 1.807) is 6.20 Å². The van der Waals surface area contributed by atoms with Crippen LogP contribution in [-0.4, -0.2) is 39.8 Å². The Bertz CT molecular complexity index is 441. The maximum atomic E-state index is 11.8. The van der Waals surface area contributed by atoms with Crippen molar-refractivity contribution >= 4 is 11.7 Å². The molecule has 1 amide bonds. The molecule has 0 aliphatic carbocycles. The van der Waals surface area contributed by atoms with Crippen molar-refractivity contribution in [2.45, 2.75) is 39.9 Å². The number of nitrogens with zero attached hydrogens (tertiary/aromatic N) is 3. The van der Waals surface area contributed by atoms with Crippen LogP contribution >= 0.6 is 0 Å². The topological polar surface area (TPSA) is 88.9 Å². The smallest absolute Gasteiger partial charge is 0.242 e. The average Bonchev–Trinajstić information content (AvgIpc) is 2.73. The summed E-state index contributed by atoms with van der Waals surface area (Å²) in [6.45, 7) is 5.93. The summed E-state index contributed by atoms with van der Waals surface area (Å²) in [6.07, 6.45) is 1.70. The molecule has 0 fully saturated rings. The van der Waals surface area contributed by atoms with E-state index in [0.29, 0.717) is 6.54 Å². The third kappa shape index (κ3) is 4.78. The van der Waals surface area contributed by atoms with Gasteiger partial charge in [0.15, 0.2) is 5.78 Å². The highest BCUT2D eigenvalue weighted by atomic mass is 16.2. The molecule has 7 nitrogen and oxygen atoms in total. The average molecular weight is 267 g/mol. The van der Waals surface area contributed by atoms with E-state index >= 15 is 0 Å². The number of amides is 1. The summed E-state index contributed by atoms with van der Waals surface area (Å²) in [5, 5.41) is 13.4. The van der Waals surface area contributed by atoms with Crippen molar-refractivity contribution in [1.82, 2.24) is 25.6 Å². The largest absolute Gasteiger partial charge is 0.344 e. The predicted molar refractivity (Wildman–Crippen MR) is 70.2 cm³/mol. The molecule has 0 aliphatic rings. The number of carbonyl (C=O) groups is 2. The standard InChI is InChI=1S/C12H21N5O2/c1-8(2)12(9(3)18)14-11(19)7-17-6-10(5-13-4)15-16-17/h6,8,12-13H,5,7H2,1-4H3,(H,14,19). The highest BCUT2D eigenvalue weighted by Crippen LogP contribution is 2.03. The van der Waals surface area contributed by atoms with Gasteiger partial charge in [0.2, 0.25) is 5.91 Å². The van der Waals surface area contributed by atoms with Crippen LogP contribution in [0.1, 0.15) is 26.5 Å². The Morgan fingerprint density at radius 2 is 2.11 bits per heavy atom. The Hall–Kier alpha value is -1.76. The van der Waals surface area contributed by atoms with Gasteiger partial charge in [0, 0.05) is 6.54 Å². The van der Waals surface area contributed by atoms with E-state index in [2.05, 4.69) is 20.9 Å². The number of hydrogen-bond acceptors (Lipinski definition) is 5. The molecule has 1 atom stereocenters. The molecular weight excluding hydrogens is 246 g/mol. The van der Waals surface area contributed by atoms with Gasteiger partial charge in [-0.15, -0.1) is 5.10 Å². The van der Waals surface area contributed by atoms with E-state index in [4.69, 9.17) is 0 Å². The summed E-state index contributed by atoms with van der Waals surface area (Å²) in [4.78, 5) is 23.2. The molecule has 1 aromatic rings. The second-order valence-corrected chi connectivity index (χ2v) is 4.84. The SMILES string of the molecule is CNCc1cn(CC(=O)NC(C(C)=O)C(C)C)nn1. The van der Waals surface area contributed by atoms with Crippen LogP contribution in [0.3, 0.4) is 0 Å². The summed E-state index contributed by atoms with van der Waals surface area (Å²) >= 11 is 0. The van der Waals surface area contributed by atoms with Gasteiger partial charge in [-0.1, -0.05) is 19.1 Å². The van der Waals surface area contributed by atoms with Crippen molar-refractivity contribution in [3.8, 4) is 0 Å². The number of aromatic nitrogens is 3. The number of Topliss-reactive ketones (excluding diaryl/α,β-unsaturated/α-hetero) is 1. The highest BCUT2D eigenvalue weighted by molar-refractivity contribution is 5.87. The number of hydrogen-bond donors (Lipinski definition) is 2. The fourth-order valence-electron chi connectivity index (χ4n) is 1.78. The van der Waals surface area contributed by atoms with Gasteiger partial charge < -0.3 is 10.6 Å². The molecule has 0 radical (unpaired) electrons. The quantitative estimate of drug-likeness (QED) is 0.709. The van der Waals surface area contributed by atoms with Gasteiger partial charge >= 0.3 is 0 Å². The van der Waals surface area contributed by atoms with Gasteiger partial charge in [0.1, 0.15) is 6.54 Å². The molecule has 0 bridgehead atoms. The molecule has 1 aromatic heterocycles. The van der Waals surface area contributed by atoms with Gasteiger partial charge in [-0.2, -0.15) is 0 Å². The maximum Gasteiger partial charge on any atom is 0.242 e.